The summed E-state index contributed by atoms with van der Waals surface area (Å²) in [7, 11) is 1.86. The first-order valence-corrected chi connectivity index (χ1v) is 5.36. The first kappa shape index (κ1) is 9.95. The molecule has 1 saturated heterocycles. The zero-order valence-corrected chi connectivity index (χ0v) is 9.23. The molecule has 2 unspecified atom stereocenters. The highest BCUT2D eigenvalue weighted by Crippen LogP contribution is 2.32. The molecule has 0 bridgehead atoms. The standard InChI is InChI=1S/C11H12N4O2/c1-15-7-5-3-2-4-6(7)12-8-9(15)13-11(17)14-10(8)16/h2-5,8-9,12H,1H3,(H2,13,14,16,17). The molecule has 1 fully saturated rings. The number of urea groups is 1. The topological polar surface area (TPSA) is 73.5 Å². The Morgan fingerprint density at radius 1 is 1.18 bits per heavy atom. The fourth-order valence-electron chi connectivity index (χ4n) is 2.27. The first-order chi connectivity index (χ1) is 8.16. The lowest BCUT2D eigenvalue weighted by atomic mass is 10.0. The highest BCUT2D eigenvalue weighted by atomic mass is 16.2. The van der Waals surface area contributed by atoms with E-state index in [1.807, 2.05) is 36.2 Å². The maximum Gasteiger partial charge on any atom is 0.323 e. The number of benzene rings is 1. The molecule has 2 atom stereocenters. The number of nitrogens with zero attached hydrogens (tertiary/aromatic N) is 1. The van der Waals surface area contributed by atoms with Crippen LogP contribution in [0.1, 0.15) is 0 Å². The van der Waals surface area contributed by atoms with Gasteiger partial charge in [-0.2, -0.15) is 0 Å². The third kappa shape index (κ3) is 1.41. The second-order valence-electron chi connectivity index (χ2n) is 4.16. The predicted molar refractivity (Wildman–Crippen MR) is 62.7 cm³/mol. The monoisotopic (exact) mass is 232 g/mol. The molecule has 88 valence electrons. The Bertz CT molecular complexity index is 502. The Morgan fingerprint density at radius 3 is 2.76 bits per heavy atom. The van der Waals surface area contributed by atoms with Crippen molar-refractivity contribution in [3.63, 3.8) is 0 Å². The molecule has 17 heavy (non-hydrogen) atoms. The molecule has 0 spiro atoms. The summed E-state index contributed by atoms with van der Waals surface area (Å²) in [4.78, 5) is 24.9. The summed E-state index contributed by atoms with van der Waals surface area (Å²) in [6.07, 6.45) is -0.355. The van der Waals surface area contributed by atoms with Gasteiger partial charge in [0.15, 0.2) is 0 Å². The number of nitrogens with one attached hydrogen (secondary N) is 3. The summed E-state index contributed by atoms with van der Waals surface area (Å²) in [5.41, 5.74) is 1.85. The number of carbonyl (C=O) groups excluding carboxylic acids is 2. The average Bonchev–Trinajstić information content (AvgIpc) is 2.31. The van der Waals surface area contributed by atoms with Crippen molar-refractivity contribution in [2.75, 3.05) is 17.3 Å². The maximum absolute atomic E-state index is 11.7. The smallest absolute Gasteiger partial charge is 0.323 e. The van der Waals surface area contributed by atoms with E-state index in [-0.39, 0.29) is 12.1 Å². The van der Waals surface area contributed by atoms with Crippen molar-refractivity contribution in [2.24, 2.45) is 0 Å². The van der Waals surface area contributed by atoms with Crippen molar-refractivity contribution < 1.29 is 9.59 Å². The van der Waals surface area contributed by atoms with Crippen molar-refractivity contribution >= 4 is 23.3 Å². The van der Waals surface area contributed by atoms with Gasteiger partial charge in [0.05, 0.1) is 11.4 Å². The summed E-state index contributed by atoms with van der Waals surface area (Å²) in [5, 5.41) is 8.11. The SMILES string of the molecule is CN1c2ccccc2NC2C(=O)NC(=O)NC21. The quantitative estimate of drug-likeness (QED) is 0.592. The summed E-state index contributed by atoms with van der Waals surface area (Å²) in [6.45, 7) is 0. The van der Waals surface area contributed by atoms with Gasteiger partial charge >= 0.3 is 6.03 Å². The number of hydrogen-bond acceptors (Lipinski definition) is 4. The van der Waals surface area contributed by atoms with Crippen LogP contribution in [0, 0.1) is 0 Å². The lowest BCUT2D eigenvalue weighted by molar-refractivity contribution is -0.122. The fourth-order valence-corrected chi connectivity index (χ4v) is 2.27. The van der Waals surface area contributed by atoms with Crippen molar-refractivity contribution in [3.8, 4) is 0 Å². The van der Waals surface area contributed by atoms with E-state index in [4.69, 9.17) is 0 Å². The van der Waals surface area contributed by atoms with Gasteiger partial charge in [0.2, 0.25) is 0 Å². The van der Waals surface area contributed by atoms with Crippen LogP contribution in [0.15, 0.2) is 24.3 Å². The molecule has 1 aromatic carbocycles. The molecule has 0 aromatic heterocycles. The van der Waals surface area contributed by atoms with E-state index in [2.05, 4.69) is 16.0 Å². The van der Waals surface area contributed by atoms with Crippen molar-refractivity contribution in [1.82, 2.24) is 10.6 Å². The molecule has 1 aromatic rings. The zero-order valence-electron chi connectivity index (χ0n) is 9.23. The number of fused-ring (bicyclic) bond motifs is 2. The minimum absolute atomic E-state index is 0.305. The molecule has 6 heteroatoms. The van der Waals surface area contributed by atoms with Crippen LogP contribution < -0.4 is 20.9 Å². The minimum atomic E-state index is -0.465. The van der Waals surface area contributed by atoms with Gasteiger partial charge in [-0.05, 0) is 12.1 Å². The number of likely N-dealkylation sites (N-methyl/N-ethyl adjacent to an activating group) is 1. The molecule has 0 aliphatic carbocycles. The van der Waals surface area contributed by atoms with Gasteiger partial charge in [0.25, 0.3) is 5.91 Å². The third-order valence-electron chi connectivity index (χ3n) is 3.13. The highest BCUT2D eigenvalue weighted by molar-refractivity contribution is 6.03. The Balaban J connectivity index is 2.03. The van der Waals surface area contributed by atoms with Gasteiger partial charge in [-0.1, -0.05) is 12.1 Å². The van der Waals surface area contributed by atoms with Gasteiger partial charge in [-0.3, -0.25) is 10.1 Å². The average molecular weight is 232 g/mol. The van der Waals surface area contributed by atoms with Crippen molar-refractivity contribution in [3.05, 3.63) is 24.3 Å². The maximum atomic E-state index is 11.7. The molecule has 3 N–H and O–H groups in total. The second kappa shape index (κ2) is 3.38. The van der Waals surface area contributed by atoms with Crippen LogP contribution in [0.25, 0.3) is 0 Å². The molecule has 6 nitrogen and oxygen atoms in total. The van der Waals surface area contributed by atoms with Gasteiger partial charge in [-0.15, -0.1) is 0 Å². The number of para-hydroxylation sites is 2. The molecule has 0 saturated carbocycles. The summed E-state index contributed by atoms with van der Waals surface area (Å²) < 4.78 is 0. The van der Waals surface area contributed by atoms with Gasteiger partial charge in [-0.25, -0.2) is 4.79 Å². The van der Waals surface area contributed by atoms with Crippen LogP contribution >= 0.6 is 0 Å². The molecule has 0 radical (unpaired) electrons. The van der Waals surface area contributed by atoms with E-state index in [1.54, 1.807) is 0 Å². The lowest BCUT2D eigenvalue weighted by Gasteiger charge is -2.43. The van der Waals surface area contributed by atoms with E-state index in [9.17, 15) is 9.59 Å². The Labute approximate surface area is 98.0 Å². The first-order valence-electron chi connectivity index (χ1n) is 5.36. The van der Waals surface area contributed by atoms with Crippen molar-refractivity contribution in [1.29, 1.82) is 0 Å². The number of hydrogen-bond donors (Lipinski definition) is 3. The minimum Gasteiger partial charge on any atom is -0.369 e. The van der Waals surface area contributed by atoms with Crippen LogP contribution in [-0.4, -0.2) is 31.2 Å². The van der Waals surface area contributed by atoms with E-state index < -0.39 is 12.1 Å². The highest BCUT2D eigenvalue weighted by Gasteiger charge is 2.41. The summed E-state index contributed by atoms with van der Waals surface area (Å²) in [6, 6.07) is 6.75. The number of rotatable bonds is 0. The predicted octanol–water partition coefficient (Wildman–Crippen LogP) is 0.0824. The van der Waals surface area contributed by atoms with E-state index in [1.165, 1.54) is 0 Å². The van der Waals surface area contributed by atoms with Crippen LogP contribution in [0.2, 0.25) is 0 Å². The molecule has 3 amide bonds. The molecular weight excluding hydrogens is 220 g/mol. The van der Waals surface area contributed by atoms with Crippen LogP contribution in [0.4, 0.5) is 16.2 Å². The molecule has 3 rings (SSSR count). The van der Waals surface area contributed by atoms with E-state index in [0.717, 1.165) is 11.4 Å². The normalized spacial score (nSPS) is 26.3. The van der Waals surface area contributed by atoms with Crippen LogP contribution in [-0.2, 0) is 4.79 Å². The van der Waals surface area contributed by atoms with Gasteiger partial charge in [0.1, 0.15) is 12.2 Å². The van der Waals surface area contributed by atoms with Crippen LogP contribution in [0.5, 0.6) is 0 Å². The third-order valence-corrected chi connectivity index (χ3v) is 3.13. The van der Waals surface area contributed by atoms with Crippen LogP contribution in [0.3, 0.4) is 0 Å². The Hall–Kier alpha value is -2.24. The number of carbonyl (C=O) groups is 2. The van der Waals surface area contributed by atoms with Crippen molar-refractivity contribution in [2.45, 2.75) is 12.2 Å². The lowest BCUT2D eigenvalue weighted by Crippen LogP contribution is -2.70. The molecule has 2 aliphatic rings. The Morgan fingerprint density at radius 2 is 1.94 bits per heavy atom. The number of anilines is 2. The zero-order chi connectivity index (χ0) is 12.0. The molecule has 2 heterocycles. The molecule has 2 aliphatic heterocycles. The molecular formula is C11H12N4O2. The number of amides is 3. The van der Waals surface area contributed by atoms with Gasteiger partial charge < -0.3 is 15.5 Å². The summed E-state index contributed by atoms with van der Waals surface area (Å²) in [5.74, 6) is -0.305. The largest absolute Gasteiger partial charge is 0.369 e. The van der Waals surface area contributed by atoms with Gasteiger partial charge in [0, 0.05) is 7.05 Å². The second-order valence-corrected chi connectivity index (χ2v) is 4.16. The number of imide groups is 1. The van der Waals surface area contributed by atoms with E-state index in [0.29, 0.717) is 0 Å². The fraction of sp³-hybridized carbons (Fsp3) is 0.273. The Kier molecular flexibility index (Phi) is 1.98. The summed E-state index contributed by atoms with van der Waals surface area (Å²) >= 11 is 0. The van der Waals surface area contributed by atoms with E-state index >= 15 is 0 Å².